The fourth-order valence-corrected chi connectivity index (χ4v) is 5.03. The van der Waals surface area contributed by atoms with Crippen LogP contribution in [0.2, 0.25) is 5.02 Å². The molecule has 4 rings (SSSR count). The van der Waals surface area contributed by atoms with Crippen LogP contribution in [0.15, 0.2) is 58.8 Å². The van der Waals surface area contributed by atoms with Gasteiger partial charge in [-0.05, 0) is 55.5 Å². The summed E-state index contributed by atoms with van der Waals surface area (Å²) in [6, 6.07) is 14.6. The number of nitrogens with zero attached hydrogens (tertiary/aromatic N) is 3. The largest absolute Gasteiger partial charge is 0.335 e. The van der Waals surface area contributed by atoms with Gasteiger partial charge >= 0.3 is 0 Å². The van der Waals surface area contributed by atoms with Gasteiger partial charge in [0.05, 0.1) is 10.7 Å². The van der Waals surface area contributed by atoms with Crippen LogP contribution in [0.3, 0.4) is 0 Å². The third kappa shape index (κ3) is 5.47. The van der Waals surface area contributed by atoms with Crippen molar-refractivity contribution in [3.05, 3.63) is 80.8 Å². The first-order valence-electron chi connectivity index (χ1n) is 9.97. The molecule has 1 aromatic heterocycles. The van der Waals surface area contributed by atoms with Gasteiger partial charge in [-0.2, -0.15) is 0 Å². The lowest BCUT2D eigenvalue weighted by Crippen LogP contribution is -2.50. The Labute approximate surface area is 195 Å². The molecule has 2 amide bonds. The molecule has 8 heteroatoms. The van der Waals surface area contributed by atoms with Gasteiger partial charge in [-0.3, -0.25) is 9.59 Å². The predicted molar refractivity (Wildman–Crippen MR) is 126 cm³/mol. The summed E-state index contributed by atoms with van der Waals surface area (Å²) in [5.41, 5.74) is 2.37. The number of hydrogen-bond acceptors (Lipinski definition) is 5. The van der Waals surface area contributed by atoms with E-state index in [0.29, 0.717) is 42.3 Å². The maximum atomic E-state index is 12.9. The first kappa shape index (κ1) is 21.9. The van der Waals surface area contributed by atoms with Gasteiger partial charge in [0, 0.05) is 58.4 Å². The van der Waals surface area contributed by atoms with Crippen molar-refractivity contribution in [3.8, 4) is 0 Å². The average Bonchev–Trinajstić information content (AvgIpc) is 3.23. The van der Waals surface area contributed by atoms with Gasteiger partial charge in [-0.15, -0.1) is 23.1 Å². The first-order valence-corrected chi connectivity index (χ1v) is 12.2. The summed E-state index contributed by atoms with van der Waals surface area (Å²) in [5.74, 6) is 0.798. The van der Waals surface area contributed by atoms with Crippen LogP contribution in [0.25, 0.3) is 0 Å². The number of aryl methyl sites for hydroxylation is 1. The minimum atomic E-state index is -0.0274. The quantitative estimate of drug-likeness (QED) is 0.491. The van der Waals surface area contributed by atoms with Crippen LogP contribution in [-0.4, -0.2) is 52.8 Å². The van der Waals surface area contributed by atoms with Crippen molar-refractivity contribution < 1.29 is 9.59 Å². The Morgan fingerprint density at radius 2 is 1.45 bits per heavy atom. The lowest BCUT2D eigenvalue weighted by molar-refractivity contribution is 0.0535. The number of hydrogen-bond donors (Lipinski definition) is 0. The van der Waals surface area contributed by atoms with E-state index in [1.807, 2.05) is 36.1 Å². The van der Waals surface area contributed by atoms with Crippen LogP contribution in [0.5, 0.6) is 0 Å². The molecule has 0 radical (unpaired) electrons. The van der Waals surface area contributed by atoms with Gasteiger partial charge < -0.3 is 9.80 Å². The van der Waals surface area contributed by atoms with E-state index in [4.69, 9.17) is 11.6 Å². The molecule has 0 atom stereocenters. The zero-order valence-electron chi connectivity index (χ0n) is 17.1. The van der Waals surface area contributed by atoms with E-state index < -0.39 is 0 Å². The monoisotopic (exact) mass is 471 g/mol. The zero-order chi connectivity index (χ0) is 21.8. The second kappa shape index (κ2) is 9.85. The molecule has 1 aliphatic heterocycles. The Bertz CT molecular complexity index is 1060. The molecule has 1 fully saturated rings. The molecule has 0 unspecified atom stereocenters. The third-order valence-corrected chi connectivity index (χ3v) is 7.22. The average molecular weight is 472 g/mol. The SMILES string of the molecule is Cc1nc(CSc2ccc(C(=O)N3CCN(C(=O)c4ccc(Cl)cc4)CC3)cc2)cs1. The van der Waals surface area contributed by atoms with E-state index >= 15 is 0 Å². The predicted octanol–water partition coefficient (Wildman–Crippen LogP) is 5.00. The number of piperazine rings is 1. The van der Waals surface area contributed by atoms with E-state index in [1.54, 1.807) is 52.3 Å². The smallest absolute Gasteiger partial charge is 0.253 e. The van der Waals surface area contributed by atoms with Gasteiger partial charge in [0.2, 0.25) is 0 Å². The van der Waals surface area contributed by atoms with Crippen LogP contribution in [0.4, 0.5) is 0 Å². The lowest BCUT2D eigenvalue weighted by Gasteiger charge is -2.35. The van der Waals surface area contributed by atoms with Gasteiger partial charge in [-0.1, -0.05) is 11.6 Å². The number of carbonyl (C=O) groups is 2. The Morgan fingerprint density at radius 1 is 0.935 bits per heavy atom. The Balaban J connectivity index is 1.30. The van der Waals surface area contributed by atoms with Crippen LogP contribution < -0.4 is 0 Å². The van der Waals surface area contributed by atoms with Crippen molar-refractivity contribution >= 4 is 46.5 Å². The Hall–Kier alpha value is -2.35. The van der Waals surface area contributed by atoms with Crippen molar-refractivity contribution in [2.24, 2.45) is 0 Å². The van der Waals surface area contributed by atoms with Gasteiger partial charge in [-0.25, -0.2) is 4.98 Å². The topological polar surface area (TPSA) is 53.5 Å². The fraction of sp³-hybridized carbons (Fsp3) is 0.261. The standard InChI is InChI=1S/C23H22ClN3O2S2/c1-16-25-20(14-30-16)15-31-21-8-4-18(5-9-21)23(29)27-12-10-26(11-13-27)22(28)17-2-6-19(24)7-3-17/h2-9,14H,10-13,15H2,1H3. The van der Waals surface area contributed by atoms with Crippen molar-refractivity contribution in [1.82, 2.24) is 14.8 Å². The van der Waals surface area contributed by atoms with E-state index in [2.05, 4.69) is 10.4 Å². The summed E-state index contributed by atoms with van der Waals surface area (Å²) in [7, 11) is 0. The summed E-state index contributed by atoms with van der Waals surface area (Å²) >= 11 is 9.27. The van der Waals surface area contributed by atoms with Crippen LogP contribution in [-0.2, 0) is 5.75 Å². The molecule has 3 aromatic rings. The summed E-state index contributed by atoms with van der Waals surface area (Å²) in [6.45, 7) is 4.10. The molecule has 5 nitrogen and oxygen atoms in total. The number of rotatable bonds is 5. The van der Waals surface area contributed by atoms with Gasteiger partial charge in [0.25, 0.3) is 11.8 Å². The summed E-state index contributed by atoms with van der Waals surface area (Å²) < 4.78 is 0. The fourth-order valence-electron chi connectivity index (χ4n) is 3.40. The lowest BCUT2D eigenvalue weighted by atomic mass is 10.1. The number of halogens is 1. The summed E-state index contributed by atoms with van der Waals surface area (Å²) in [6.07, 6.45) is 0. The Morgan fingerprint density at radius 3 is 1.94 bits per heavy atom. The van der Waals surface area contributed by atoms with Crippen LogP contribution in [0, 0.1) is 6.92 Å². The third-order valence-electron chi connectivity index (χ3n) is 5.10. The molecular formula is C23H22ClN3O2S2. The number of thioether (sulfide) groups is 1. The molecule has 0 N–H and O–H groups in total. The highest BCUT2D eigenvalue weighted by Gasteiger charge is 2.25. The molecule has 160 valence electrons. The maximum Gasteiger partial charge on any atom is 0.253 e. The highest BCUT2D eigenvalue weighted by atomic mass is 35.5. The molecule has 0 bridgehead atoms. The second-order valence-electron chi connectivity index (χ2n) is 7.26. The van der Waals surface area contributed by atoms with Crippen molar-refractivity contribution in [3.63, 3.8) is 0 Å². The molecule has 0 spiro atoms. The number of aromatic nitrogens is 1. The minimum absolute atomic E-state index is 0.00488. The van der Waals surface area contributed by atoms with E-state index in [1.165, 1.54) is 0 Å². The summed E-state index contributed by atoms with van der Waals surface area (Å²) in [5, 5.41) is 3.76. The van der Waals surface area contributed by atoms with E-state index in [0.717, 1.165) is 21.3 Å². The number of amides is 2. The highest BCUT2D eigenvalue weighted by Crippen LogP contribution is 2.24. The molecule has 0 saturated carbocycles. The van der Waals surface area contributed by atoms with Crippen LogP contribution >= 0.6 is 34.7 Å². The normalized spacial score (nSPS) is 14.0. The number of carbonyl (C=O) groups excluding carboxylic acids is 2. The molecule has 0 aliphatic carbocycles. The van der Waals surface area contributed by atoms with E-state index in [9.17, 15) is 9.59 Å². The van der Waals surface area contributed by atoms with Crippen molar-refractivity contribution in [2.75, 3.05) is 26.2 Å². The molecular weight excluding hydrogens is 450 g/mol. The molecule has 31 heavy (non-hydrogen) atoms. The van der Waals surface area contributed by atoms with Crippen molar-refractivity contribution in [1.29, 1.82) is 0 Å². The molecule has 1 saturated heterocycles. The number of thiazole rings is 1. The highest BCUT2D eigenvalue weighted by molar-refractivity contribution is 7.98. The van der Waals surface area contributed by atoms with E-state index in [-0.39, 0.29) is 11.8 Å². The molecule has 2 heterocycles. The maximum absolute atomic E-state index is 12.9. The first-order chi connectivity index (χ1) is 15.0. The second-order valence-corrected chi connectivity index (χ2v) is 9.81. The van der Waals surface area contributed by atoms with Crippen molar-refractivity contribution in [2.45, 2.75) is 17.6 Å². The van der Waals surface area contributed by atoms with Crippen LogP contribution in [0.1, 0.15) is 31.4 Å². The molecule has 2 aromatic carbocycles. The Kier molecular flexibility index (Phi) is 6.95. The number of benzene rings is 2. The molecule has 1 aliphatic rings. The zero-order valence-corrected chi connectivity index (χ0v) is 19.5. The summed E-state index contributed by atoms with van der Waals surface area (Å²) in [4.78, 5) is 34.7. The van der Waals surface area contributed by atoms with Gasteiger partial charge in [0.1, 0.15) is 0 Å². The van der Waals surface area contributed by atoms with Gasteiger partial charge in [0.15, 0.2) is 0 Å². The minimum Gasteiger partial charge on any atom is -0.335 e.